The fourth-order valence-corrected chi connectivity index (χ4v) is 1.02. The van der Waals surface area contributed by atoms with E-state index in [0.717, 1.165) is 5.69 Å². The molecule has 0 aromatic carbocycles. The first-order valence-corrected chi connectivity index (χ1v) is 3.86. The summed E-state index contributed by atoms with van der Waals surface area (Å²) in [5.41, 5.74) is 7.14. The van der Waals surface area contributed by atoms with E-state index in [1.54, 1.807) is 29.3 Å². The standard InChI is InChI=1S/C8H9N5/c1-6-7(9)5-12-13(6)8-10-3-2-4-11-8/h2-5H,9H2,1H3. The van der Waals surface area contributed by atoms with E-state index in [1.165, 1.54) is 0 Å². The quantitative estimate of drug-likeness (QED) is 0.687. The van der Waals surface area contributed by atoms with Crippen molar-refractivity contribution < 1.29 is 0 Å². The highest BCUT2D eigenvalue weighted by atomic mass is 15.3. The van der Waals surface area contributed by atoms with E-state index in [0.29, 0.717) is 11.6 Å². The van der Waals surface area contributed by atoms with E-state index in [-0.39, 0.29) is 0 Å². The van der Waals surface area contributed by atoms with Gasteiger partial charge in [-0.05, 0) is 13.0 Å². The summed E-state index contributed by atoms with van der Waals surface area (Å²) in [7, 11) is 0. The van der Waals surface area contributed by atoms with Gasteiger partial charge in [-0.1, -0.05) is 0 Å². The predicted molar refractivity (Wildman–Crippen MR) is 48.3 cm³/mol. The van der Waals surface area contributed by atoms with Crippen LogP contribution in [0, 0.1) is 6.92 Å². The lowest BCUT2D eigenvalue weighted by Gasteiger charge is -2.00. The molecule has 0 radical (unpaired) electrons. The molecular weight excluding hydrogens is 166 g/mol. The van der Waals surface area contributed by atoms with Gasteiger partial charge in [0.1, 0.15) is 0 Å². The average Bonchev–Trinajstić information content (AvgIpc) is 2.49. The highest BCUT2D eigenvalue weighted by Crippen LogP contribution is 2.10. The van der Waals surface area contributed by atoms with Gasteiger partial charge in [0, 0.05) is 12.4 Å². The minimum absolute atomic E-state index is 0.539. The van der Waals surface area contributed by atoms with Crippen molar-refractivity contribution in [1.82, 2.24) is 19.7 Å². The molecule has 2 aromatic heterocycles. The maximum Gasteiger partial charge on any atom is 0.250 e. The number of hydrogen-bond donors (Lipinski definition) is 1. The van der Waals surface area contributed by atoms with Crippen molar-refractivity contribution in [2.45, 2.75) is 6.92 Å². The minimum atomic E-state index is 0.539. The second-order valence-corrected chi connectivity index (χ2v) is 2.65. The smallest absolute Gasteiger partial charge is 0.250 e. The first kappa shape index (κ1) is 7.72. The molecule has 0 saturated carbocycles. The van der Waals surface area contributed by atoms with E-state index >= 15 is 0 Å². The van der Waals surface area contributed by atoms with E-state index in [1.807, 2.05) is 6.92 Å². The summed E-state index contributed by atoms with van der Waals surface area (Å²) in [4.78, 5) is 8.11. The number of hydrogen-bond acceptors (Lipinski definition) is 4. The van der Waals surface area contributed by atoms with E-state index in [4.69, 9.17) is 5.73 Å². The van der Waals surface area contributed by atoms with Gasteiger partial charge in [-0.15, -0.1) is 0 Å². The summed E-state index contributed by atoms with van der Waals surface area (Å²) in [5, 5.41) is 4.05. The topological polar surface area (TPSA) is 69.6 Å². The number of rotatable bonds is 1. The second kappa shape index (κ2) is 2.85. The van der Waals surface area contributed by atoms with Crippen molar-refractivity contribution in [2.24, 2.45) is 0 Å². The molecule has 0 spiro atoms. The van der Waals surface area contributed by atoms with Gasteiger partial charge in [-0.3, -0.25) is 0 Å². The summed E-state index contributed by atoms with van der Waals surface area (Å²) in [6.07, 6.45) is 4.92. The van der Waals surface area contributed by atoms with Crippen molar-refractivity contribution in [3.63, 3.8) is 0 Å². The van der Waals surface area contributed by atoms with Crippen LogP contribution in [0.1, 0.15) is 5.69 Å². The molecule has 0 amide bonds. The van der Waals surface area contributed by atoms with Crippen LogP contribution in [0.2, 0.25) is 0 Å². The summed E-state index contributed by atoms with van der Waals surface area (Å²) >= 11 is 0. The van der Waals surface area contributed by atoms with Crippen LogP contribution in [-0.2, 0) is 0 Å². The molecule has 2 N–H and O–H groups in total. The van der Waals surface area contributed by atoms with Crippen LogP contribution >= 0.6 is 0 Å². The molecule has 5 nitrogen and oxygen atoms in total. The SMILES string of the molecule is Cc1c(N)cnn1-c1ncccn1. The fraction of sp³-hybridized carbons (Fsp3) is 0.125. The molecule has 0 saturated heterocycles. The van der Waals surface area contributed by atoms with Gasteiger partial charge < -0.3 is 5.73 Å². The fourth-order valence-electron chi connectivity index (χ4n) is 1.02. The number of anilines is 1. The number of nitrogens with two attached hydrogens (primary N) is 1. The Morgan fingerprint density at radius 2 is 2.00 bits per heavy atom. The lowest BCUT2D eigenvalue weighted by Crippen LogP contribution is -2.03. The van der Waals surface area contributed by atoms with E-state index < -0.39 is 0 Å². The zero-order valence-electron chi connectivity index (χ0n) is 7.18. The predicted octanol–water partition coefficient (Wildman–Crippen LogP) is 0.553. The Bertz CT molecular complexity index is 406. The maximum absolute atomic E-state index is 5.64. The maximum atomic E-state index is 5.64. The normalized spacial score (nSPS) is 10.2. The van der Waals surface area contributed by atoms with Gasteiger partial charge in [0.15, 0.2) is 0 Å². The molecule has 66 valence electrons. The molecule has 2 heterocycles. The summed E-state index contributed by atoms with van der Waals surface area (Å²) < 4.78 is 1.61. The Labute approximate surface area is 75.2 Å². The van der Waals surface area contributed by atoms with Crippen molar-refractivity contribution in [3.05, 3.63) is 30.4 Å². The molecule has 0 aliphatic rings. The van der Waals surface area contributed by atoms with Gasteiger partial charge >= 0.3 is 0 Å². The monoisotopic (exact) mass is 175 g/mol. The Morgan fingerprint density at radius 3 is 2.54 bits per heavy atom. The zero-order chi connectivity index (χ0) is 9.26. The van der Waals surface area contributed by atoms with Crippen molar-refractivity contribution >= 4 is 5.69 Å². The number of aromatic nitrogens is 4. The lowest BCUT2D eigenvalue weighted by molar-refractivity contribution is 0.783. The van der Waals surface area contributed by atoms with Crippen LogP contribution in [0.3, 0.4) is 0 Å². The molecule has 0 aliphatic heterocycles. The van der Waals surface area contributed by atoms with E-state index in [9.17, 15) is 0 Å². The van der Waals surface area contributed by atoms with Crippen LogP contribution in [0.15, 0.2) is 24.7 Å². The molecule has 0 aliphatic carbocycles. The number of nitrogen functional groups attached to an aromatic ring is 1. The minimum Gasteiger partial charge on any atom is -0.396 e. The van der Waals surface area contributed by atoms with Gasteiger partial charge in [-0.2, -0.15) is 5.10 Å². The van der Waals surface area contributed by atoms with Crippen LogP contribution in [0.4, 0.5) is 5.69 Å². The molecule has 0 bridgehead atoms. The average molecular weight is 175 g/mol. The van der Waals surface area contributed by atoms with Gasteiger partial charge in [0.25, 0.3) is 5.95 Å². The van der Waals surface area contributed by atoms with Crippen LogP contribution in [0.5, 0.6) is 0 Å². The summed E-state index contributed by atoms with van der Waals surface area (Å²) in [5.74, 6) is 0.539. The first-order valence-electron chi connectivity index (χ1n) is 3.86. The zero-order valence-corrected chi connectivity index (χ0v) is 7.18. The molecule has 0 unspecified atom stereocenters. The van der Waals surface area contributed by atoms with Gasteiger partial charge in [-0.25, -0.2) is 14.6 Å². The van der Waals surface area contributed by atoms with Gasteiger partial charge in [0.05, 0.1) is 17.6 Å². The third-order valence-electron chi connectivity index (χ3n) is 1.79. The van der Waals surface area contributed by atoms with Crippen molar-refractivity contribution in [1.29, 1.82) is 0 Å². The third-order valence-corrected chi connectivity index (χ3v) is 1.79. The van der Waals surface area contributed by atoms with Crippen molar-refractivity contribution in [3.8, 4) is 5.95 Å². The second-order valence-electron chi connectivity index (χ2n) is 2.65. The molecule has 2 rings (SSSR count). The molecule has 0 fully saturated rings. The lowest BCUT2D eigenvalue weighted by atomic mass is 10.4. The summed E-state index contributed by atoms with van der Waals surface area (Å²) in [6.45, 7) is 1.87. The Hall–Kier alpha value is -1.91. The van der Waals surface area contributed by atoms with Crippen LogP contribution in [-0.4, -0.2) is 19.7 Å². The highest BCUT2D eigenvalue weighted by Gasteiger charge is 2.05. The highest BCUT2D eigenvalue weighted by molar-refractivity contribution is 5.42. The van der Waals surface area contributed by atoms with Crippen LogP contribution < -0.4 is 5.73 Å². The van der Waals surface area contributed by atoms with Gasteiger partial charge in [0.2, 0.25) is 0 Å². The molecule has 0 atom stereocenters. The Balaban J connectivity index is 2.53. The Morgan fingerprint density at radius 1 is 1.31 bits per heavy atom. The Kier molecular flexibility index (Phi) is 1.70. The summed E-state index contributed by atoms with van der Waals surface area (Å²) in [6, 6.07) is 1.76. The third kappa shape index (κ3) is 1.24. The molecule has 13 heavy (non-hydrogen) atoms. The largest absolute Gasteiger partial charge is 0.396 e. The van der Waals surface area contributed by atoms with E-state index in [2.05, 4.69) is 15.1 Å². The molecule has 5 heteroatoms. The molecular formula is C8H9N5. The van der Waals surface area contributed by atoms with Crippen molar-refractivity contribution in [2.75, 3.05) is 5.73 Å². The number of nitrogens with zero attached hydrogens (tertiary/aromatic N) is 4. The van der Waals surface area contributed by atoms with Crippen LogP contribution in [0.25, 0.3) is 5.95 Å². The molecule has 2 aromatic rings. The first-order chi connectivity index (χ1) is 6.29.